The fraction of sp³-hybridized carbons (Fsp3) is 0.543. The first kappa shape index (κ1) is 42.4. The van der Waals surface area contributed by atoms with Crippen LogP contribution >= 0.6 is 0 Å². The summed E-state index contributed by atoms with van der Waals surface area (Å²) in [6.07, 6.45) is 5.06. The highest BCUT2D eigenvalue weighted by molar-refractivity contribution is 5.96. The number of esters is 3. The summed E-state index contributed by atoms with van der Waals surface area (Å²) in [6, 6.07) is 9.48. The SMILES string of the molecule is CC[C@H](O)C[C@@H]1CN(C=O)CCc2c([nH]c3ccccc23)[C@@](C(=O)OC)(c2cc3c(cc2OC)N(C=O)[C@H]2[C@@](O)(C(=O)OC)[C@H](OC(C)=O)[C@]4(CC)C=CCN5CC[C@]32[C@@H]54)C1. The van der Waals surface area contributed by atoms with E-state index in [2.05, 4.69) is 9.88 Å². The number of para-hydroxylation sites is 1. The van der Waals surface area contributed by atoms with Gasteiger partial charge in [0.25, 0.3) is 0 Å². The summed E-state index contributed by atoms with van der Waals surface area (Å²) in [4.78, 5) is 78.0. The highest BCUT2D eigenvalue weighted by Crippen LogP contribution is 2.68. The summed E-state index contributed by atoms with van der Waals surface area (Å²) in [5.74, 6) is -2.56. The van der Waals surface area contributed by atoms with Crippen LogP contribution < -0.4 is 9.64 Å². The largest absolute Gasteiger partial charge is 0.496 e. The maximum absolute atomic E-state index is 15.3. The van der Waals surface area contributed by atoms with Crippen LogP contribution in [0.5, 0.6) is 5.75 Å². The van der Waals surface area contributed by atoms with Gasteiger partial charge in [0.15, 0.2) is 6.10 Å². The number of methoxy groups -OCH3 is 3. The van der Waals surface area contributed by atoms with Crippen LogP contribution in [0.4, 0.5) is 5.69 Å². The van der Waals surface area contributed by atoms with E-state index in [-0.39, 0.29) is 25.1 Å². The Morgan fingerprint density at radius 3 is 2.41 bits per heavy atom. The smallest absolute Gasteiger partial charge is 0.344 e. The molecule has 1 aliphatic carbocycles. The molecule has 9 atom stereocenters. The van der Waals surface area contributed by atoms with E-state index in [1.54, 1.807) is 11.0 Å². The number of nitrogens with zero attached hydrogens (tertiary/aromatic N) is 3. The van der Waals surface area contributed by atoms with Gasteiger partial charge >= 0.3 is 17.9 Å². The number of nitrogens with one attached hydrogen (secondary N) is 1. The Morgan fingerprint density at radius 1 is 1.00 bits per heavy atom. The van der Waals surface area contributed by atoms with Gasteiger partial charge < -0.3 is 43.9 Å². The lowest BCUT2D eigenvalue weighted by Gasteiger charge is -2.63. The molecule has 1 aromatic heterocycles. The van der Waals surface area contributed by atoms with Crippen molar-refractivity contribution >= 4 is 47.3 Å². The van der Waals surface area contributed by atoms with E-state index < -0.39 is 70.0 Å². The number of hydrogen-bond donors (Lipinski definition) is 3. The molecule has 15 nitrogen and oxygen atoms in total. The quantitative estimate of drug-likeness (QED) is 0.111. The third kappa shape index (κ3) is 5.82. The van der Waals surface area contributed by atoms with E-state index in [0.29, 0.717) is 74.2 Å². The van der Waals surface area contributed by atoms with Crippen LogP contribution in [0.25, 0.3) is 10.9 Å². The van der Waals surface area contributed by atoms with E-state index in [1.807, 2.05) is 56.3 Å². The van der Waals surface area contributed by atoms with Crippen LogP contribution in [0.3, 0.4) is 0 Å². The van der Waals surface area contributed by atoms with Crippen molar-refractivity contribution in [1.29, 1.82) is 0 Å². The lowest BCUT2D eigenvalue weighted by Crippen LogP contribution is -2.81. The van der Waals surface area contributed by atoms with Crippen LogP contribution in [-0.4, -0.2) is 133 Å². The number of aliphatic hydroxyl groups is 2. The van der Waals surface area contributed by atoms with Crippen molar-refractivity contribution in [3.8, 4) is 5.75 Å². The van der Waals surface area contributed by atoms with Crippen LogP contribution in [0.1, 0.15) is 75.3 Å². The van der Waals surface area contributed by atoms with Gasteiger partial charge in [0.2, 0.25) is 18.4 Å². The van der Waals surface area contributed by atoms with Gasteiger partial charge in [-0.25, -0.2) is 4.79 Å². The molecule has 1 saturated heterocycles. The lowest BCUT2D eigenvalue weighted by atomic mass is 9.47. The third-order valence-electron chi connectivity index (χ3n) is 14.8. The molecule has 0 unspecified atom stereocenters. The summed E-state index contributed by atoms with van der Waals surface area (Å²) in [5, 5.41) is 25.3. The molecule has 8 rings (SSSR count). The van der Waals surface area contributed by atoms with E-state index in [4.69, 9.17) is 18.9 Å². The van der Waals surface area contributed by atoms with Crippen molar-refractivity contribution in [2.75, 3.05) is 52.4 Å². The Balaban J connectivity index is 1.49. The van der Waals surface area contributed by atoms with E-state index in [0.717, 1.165) is 30.0 Å². The van der Waals surface area contributed by atoms with Gasteiger partial charge in [0.05, 0.1) is 39.2 Å². The first-order valence-electron chi connectivity index (χ1n) is 21.2. The zero-order valence-corrected chi connectivity index (χ0v) is 35.6. The Morgan fingerprint density at radius 2 is 1.75 bits per heavy atom. The molecule has 0 bridgehead atoms. The second kappa shape index (κ2) is 15.6. The minimum absolute atomic E-state index is 0.0850. The van der Waals surface area contributed by atoms with Gasteiger partial charge in [-0.2, -0.15) is 0 Å². The average Bonchev–Trinajstić information content (AvgIpc) is 3.95. The van der Waals surface area contributed by atoms with Crippen molar-refractivity contribution in [3.05, 3.63) is 70.9 Å². The number of carbonyl (C=O) groups is 5. The number of anilines is 1. The maximum Gasteiger partial charge on any atom is 0.344 e. The number of hydrogen-bond acceptors (Lipinski definition) is 12. The number of rotatable bonds is 11. The zero-order chi connectivity index (χ0) is 43.6. The zero-order valence-electron chi connectivity index (χ0n) is 35.6. The number of ether oxygens (including phenoxy) is 4. The predicted molar refractivity (Wildman–Crippen MR) is 223 cm³/mol. The van der Waals surface area contributed by atoms with Crippen molar-refractivity contribution in [3.63, 3.8) is 0 Å². The van der Waals surface area contributed by atoms with Crippen molar-refractivity contribution in [1.82, 2.24) is 14.8 Å². The minimum Gasteiger partial charge on any atom is -0.496 e. The Hall–Kier alpha value is -5.25. The van der Waals surface area contributed by atoms with Gasteiger partial charge in [-0.3, -0.25) is 24.1 Å². The summed E-state index contributed by atoms with van der Waals surface area (Å²) in [7, 11) is 3.96. The lowest BCUT2D eigenvalue weighted by molar-refractivity contribution is -0.228. The van der Waals surface area contributed by atoms with Crippen molar-refractivity contribution < 1.29 is 53.1 Å². The second-order valence-electron chi connectivity index (χ2n) is 17.5. The highest BCUT2D eigenvalue weighted by atomic mass is 16.6. The molecule has 2 aromatic carbocycles. The molecule has 0 radical (unpaired) electrons. The Labute approximate surface area is 354 Å². The number of benzene rings is 2. The molecule has 1 saturated carbocycles. The number of fused-ring (bicyclic) bond motifs is 4. The molecular weight excluding hydrogens is 785 g/mol. The second-order valence-corrected chi connectivity index (χ2v) is 17.5. The fourth-order valence-electron chi connectivity index (χ4n) is 12.6. The number of aromatic amines is 1. The first-order valence-corrected chi connectivity index (χ1v) is 21.2. The third-order valence-corrected chi connectivity index (χ3v) is 14.8. The fourth-order valence-corrected chi connectivity index (χ4v) is 12.6. The van der Waals surface area contributed by atoms with Crippen molar-refractivity contribution in [2.45, 2.75) is 100 Å². The number of aromatic nitrogens is 1. The molecule has 326 valence electrons. The topological polar surface area (TPSA) is 188 Å². The number of amides is 2. The molecule has 61 heavy (non-hydrogen) atoms. The number of H-pyrrole nitrogens is 1. The summed E-state index contributed by atoms with van der Waals surface area (Å²) in [6.45, 7) is 6.69. The summed E-state index contributed by atoms with van der Waals surface area (Å²) < 4.78 is 23.6. The minimum atomic E-state index is -2.57. The monoisotopic (exact) mass is 840 g/mol. The van der Waals surface area contributed by atoms with E-state index >= 15 is 4.79 Å². The Kier molecular flexibility index (Phi) is 10.8. The van der Waals surface area contributed by atoms with Crippen LogP contribution in [0, 0.1) is 11.3 Å². The molecule has 1 spiro atoms. The summed E-state index contributed by atoms with van der Waals surface area (Å²) >= 11 is 0. The number of aliphatic hydroxyl groups excluding tert-OH is 1. The Bertz CT molecular complexity index is 2290. The van der Waals surface area contributed by atoms with E-state index in [9.17, 15) is 29.4 Å². The normalized spacial score (nSPS) is 32.0. The maximum atomic E-state index is 15.3. The highest BCUT2D eigenvalue weighted by Gasteiger charge is 2.81. The van der Waals surface area contributed by atoms with Gasteiger partial charge in [0, 0.05) is 71.7 Å². The first-order chi connectivity index (χ1) is 29.3. The van der Waals surface area contributed by atoms with Gasteiger partial charge in [-0.15, -0.1) is 0 Å². The molecule has 5 heterocycles. The number of carbonyl (C=O) groups excluding carboxylic acids is 5. The average molecular weight is 841 g/mol. The van der Waals surface area contributed by atoms with Crippen LogP contribution in [0.2, 0.25) is 0 Å². The van der Waals surface area contributed by atoms with Gasteiger partial charge in [-0.1, -0.05) is 44.2 Å². The predicted octanol–water partition coefficient (Wildman–Crippen LogP) is 3.29. The van der Waals surface area contributed by atoms with Crippen LogP contribution in [0.15, 0.2) is 48.6 Å². The molecule has 3 N–H and O–H groups in total. The van der Waals surface area contributed by atoms with Gasteiger partial charge in [-0.05, 0) is 74.2 Å². The van der Waals surface area contributed by atoms with E-state index in [1.165, 1.54) is 26.0 Å². The molecule has 3 aromatic rings. The van der Waals surface area contributed by atoms with Crippen molar-refractivity contribution in [2.24, 2.45) is 11.3 Å². The molecule has 2 amide bonds. The van der Waals surface area contributed by atoms with Gasteiger partial charge in [0.1, 0.15) is 11.2 Å². The summed E-state index contributed by atoms with van der Waals surface area (Å²) in [5.41, 5.74) is -3.03. The molecule has 2 fully saturated rings. The standard InChI is InChI=1S/C46H56N4O11/c1-7-29(54)20-28-23-45(41(55)59-5,37-31(14-18-48(24-28)25-51)30-12-9-10-13-34(30)47-37)33-21-32-35(22-36(33)58-4)50(26-52)39-44(32)16-19-49-17-11-15-43(8-2,38(44)49)40(61-27(3)53)46(39,57)42(56)60-6/h9-13,15,21-22,25-26,28-29,38-40,47,54,57H,7-8,14,16-20,23-24H2,1-6H3/t28-,29-,38-,39+,40+,43+,44+,45-,46-/m0/s1. The molecule has 15 heteroatoms. The molecule has 5 aliphatic rings. The molecule has 4 aliphatic heterocycles. The molecular formula is C46H56N4O11. The van der Waals surface area contributed by atoms with Crippen LogP contribution in [-0.2, 0) is 55.4 Å².